The van der Waals surface area contributed by atoms with Gasteiger partial charge in [-0.25, -0.2) is 0 Å². The summed E-state index contributed by atoms with van der Waals surface area (Å²) < 4.78 is 0. The number of nitrogens with one attached hydrogen (secondary N) is 2. The monoisotopic (exact) mass is 324 g/mol. The van der Waals surface area contributed by atoms with E-state index in [1.807, 2.05) is 26.0 Å². The maximum absolute atomic E-state index is 12.0. The molecule has 22 heavy (non-hydrogen) atoms. The van der Waals surface area contributed by atoms with Crippen LogP contribution in [0.3, 0.4) is 0 Å². The van der Waals surface area contributed by atoms with E-state index in [-0.39, 0.29) is 5.41 Å². The normalized spacial score (nSPS) is 11.9. The molecule has 0 aliphatic carbocycles. The summed E-state index contributed by atoms with van der Waals surface area (Å²) in [6.45, 7) is 10.4. The second kappa shape index (κ2) is 7.14. The van der Waals surface area contributed by atoms with Crippen LogP contribution in [0.15, 0.2) is 24.3 Å². The van der Waals surface area contributed by atoms with Gasteiger partial charge in [0, 0.05) is 17.1 Å². The first-order valence-corrected chi connectivity index (χ1v) is 7.71. The Hall–Kier alpha value is -1.55. The van der Waals surface area contributed by atoms with Crippen LogP contribution in [-0.2, 0) is 16.1 Å². The minimum absolute atomic E-state index is 0.0660. The molecule has 1 aromatic rings. The number of benzene rings is 1. The Labute approximate surface area is 137 Å². The van der Waals surface area contributed by atoms with Gasteiger partial charge < -0.3 is 10.6 Å². The molecule has 1 aromatic carbocycles. The molecule has 0 fully saturated rings. The van der Waals surface area contributed by atoms with Gasteiger partial charge in [0.1, 0.15) is 0 Å². The zero-order chi connectivity index (χ0) is 17.0. The Bertz CT molecular complexity index is 531. The van der Waals surface area contributed by atoms with Gasteiger partial charge in [0.2, 0.25) is 0 Å². The second-order valence-electron chi connectivity index (χ2n) is 7.38. The molecule has 0 bridgehead atoms. The van der Waals surface area contributed by atoms with Gasteiger partial charge >= 0.3 is 11.8 Å². The Morgan fingerprint density at radius 1 is 1.00 bits per heavy atom. The molecule has 1 rings (SSSR count). The van der Waals surface area contributed by atoms with Crippen molar-refractivity contribution >= 4 is 23.4 Å². The van der Waals surface area contributed by atoms with E-state index in [0.717, 1.165) is 12.0 Å². The summed E-state index contributed by atoms with van der Waals surface area (Å²) in [5.74, 6) is -1.24. The molecule has 0 saturated heterocycles. The van der Waals surface area contributed by atoms with E-state index in [9.17, 15) is 9.59 Å². The van der Waals surface area contributed by atoms with E-state index in [4.69, 9.17) is 11.6 Å². The smallest absolute Gasteiger partial charge is 0.309 e. The highest BCUT2D eigenvalue weighted by atomic mass is 35.5. The lowest BCUT2D eigenvalue weighted by atomic mass is 9.82. The van der Waals surface area contributed by atoms with Gasteiger partial charge in [-0.15, -0.1) is 0 Å². The van der Waals surface area contributed by atoms with Gasteiger partial charge in [0.25, 0.3) is 0 Å². The first-order valence-electron chi connectivity index (χ1n) is 7.33. The van der Waals surface area contributed by atoms with Crippen LogP contribution in [-0.4, -0.2) is 17.4 Å². The molecule has 2 amide bonds. The Morgan fingerprint density at radius 3 is 2.05 bits per heavy atom. The van der Waals surface area contributed by atoms with E-state index in [1.165, 1.54) is 0 Å². The minimum Gasteiger partial charge on any atom is -0.344 e. The molecule has 0 aromatic heterocycles. The van der Waals surface area contributed by atoms with Crippen LogP contribution >= 0.6 is 11.6 Å². The first kappa shape index (κ1) is 18.5. The number of amides is 2. The third kappa shape index (κ3) is 6.94. The summed E-state index contributed by atoms with van der Waals surface area (Å²) in [6.07, 6.45) is 0.774. The predicted octanol–water partition coefficient (Wildman–Crippen LogP) is 3.29. The van der Waals surface area contributed by atoms with Crippen LogP contribution in [0.4, 0.5) is 0 Å². The summed E-state index contributed by atoms with van der Waals surface area (Å²) >= 11 is 5.80. The average molecular weight is 325 g/mol. The lowest BCUT2D eigenvalue weighted by Gasteiger charge is -2.33. The van der Waals surface area contributed by atoms with Gasteiger partial charge in [-0.05, 0) is 43.4 Å². The van der Waals surface area contributed by atoms with Crippen molar-refractivity contribution in [3.05, 3.63) is 34.9 Å². The van der Waals surface area contributed by atoms with Crippen LogP contribution in [0.5, 0.6) is 0 Å². The van der Waals surface area contributed by atoms with Gasteiger partial charge in [-0.3, -0.25) is 9.59 Å². The zero-order valence-electron chi connectivity index (χ0n) is 13.9. The van der Waals surface area contributed by atoms with Crippen molar-refractivity contribution in [1.29, 1.82) is 0 Å². The van der Waals surface area contributed by atoms with Gasteiger partial charge in [-0.2, -0.15) is 0 Å². The number of rotatable bonds is 4. The number of carbonyl (C=O) groups is 2. The fourth-order valence-electron chi connectivity index (χ4n) is 2.60. The lowest BCUT2D eigenvalue weighted by Crippen LogP contribution is -2.51. The predicted molar refractivity (Wildman–Crippen MR) is 89.6 cm³/mol. The van der Waals surface area contributed by atoms with E-state index >= 15 is 0 Å². The van der Waals surface area contributed by atoms with Crippen molar-refractivity contribution in [2.24, 2.45) is 5.41 Å². The molecule has 0 radical (unpaired) electrons. The summed E-state index contributed by atoms with van der Waals surface area (Å²) in [5, 5.41) is 6.03. The molecule has 4 nitrogen and oxygen atoms in total. The van der Waals surface area contributed by atoms with Crippen LogP contribution in [0.2, 0.25) is 5.02 Å². The van der Waals surface area contributed by atoms with Crippen molar-refractivity contribution in [3.8, 4) is 0 Å². The topological polar surface area (TPSA) is 58.2 Å². The lowest BCUT2D eigenvalue weighted by molar-refractivity contribution is -0.140. The van der Waals surface area contributed by atoms with Crippen molar-refractivity contribution in [2.75, 3.05) is 0 Å². The van der Waals surface area contributed by atoms with Crippen molar-refractivity contribution in [1.82, 2.24) is 10.6 Å². The molecule has 0 aliphatic heterocycles. The molecule has 0 unspecified atom stereocenters. The summed E-state index contributed by atoms with van der Waals surface area (Å²) in [7, 11) is 0. The Balaban J connectivity index is 2.51. The Morgan fingerprint density at radius 2 is 1.55 bits per heavy atom. The van der Waals surface area contributed by atoms with Crippen molar-refractivity contribution in [2.45, 2.75) is 53.1 Å². The summed E-state index contributed by atoms with van der Waals surface area (Å²) in [5.41, 5.74) is 0.517. The highest BCUT2D eigenvalue weighted by Gasteiger charge is 2.29. The van der Waals surface area contributed by atoms with Crippen LogP contribution in [0, 0.1) is 5.41 Å². The maximum Gasteiger partial charge on any atom is 0.309 e. The minimum atomic E-state index is -0.628. The number of hydrogen-bond acceptors (Lipinski definition) is 2. The number of carbonyl (C=O) groups excluding carboxylic acids is 2. The van der Waals surface area contributed by atoms with Crippen LogP contribution in [0.25, 0.3) is 0 Å². The van der Waals surface area contributed by atoms with Crippen LogP contribution < -0.4 is 10.6 Å². The molecule has 122 valence electrons. The molecule has 0 atom stereocenters. The molecule has 0 heterocycles. The summed E-state index contributed by atoms with van der Waals surface area (Å²) in [4.78, 5) is 23.9. The standard InChI is InChI=1S/C17H25ClN2O2/c1-16(2,3)11-17(4,5)20-15(22)14(21)19-10-12-6-8-13(18)9-7-12/h6-9H,10-11H2,1-5H3,(H,19,21)(H,20,22). The first-order chi connectivity index (χ1) is 9.98. The molecule has 2 N–H and O–H groups in total. The SMILES string of the molecule is CC(C)(C)CC(C)(C)NC(=O)C(=O)NCc1ccc(Cl)cc1. The molecule has 5 heteroatoms. The van der Waals surface area contributed by atoms with E-state index < -0.39 is 17.4 Å². The maximum atomic E-state index is 12.0. The van der Waals surface area contributed by atoms with Crippen molar-refractivity contribution in [3.63, 3.8) is 0 Å². The average Bonchev–Trinajstić information content (AvgIpc) is 2.34. The van der Waals surface area contributed by atoms with Gasteiger partial charge in [-0.1, -0.05) is 44.5 Å². The van der Waals surface area contributed by atoms with E-state index in [0.29, 0.717) is 11.6 Å². The van der Waals surface area contributed by atoms with Crippen LogP contribution in [0.1, 0.15) is 46.6 Å². The van der Waals surface area contributed by atoms with Gasteiger partial charge in [0.15, 0.2) is 0 Å². The zero-order valence-corrected chi connectivity index (χ0v) is 14.7. The highest BCUT2D eigenvalue weighted by Crippen LogP contribution is 2.26. The Kier molecular flexibility index (Phi) is 6.00. The molecular formula is C17H25ClN2O2. The third-order valence-corrected chi connectivity index (χ3v) is 3.25. The number of hydrogen-bond donors (Lipinski definition) is 2. The molecule has 0 saturated carbocycles. The highest BCUT2D eigenvalue weighted by molar-refractivity contribution is 6.35. The largest absolute Gasteiger partial charge is 0.344 e. The quantitative estimate of drug-likeness (QED) is 0.835. The second-order valence-corrected chi connectivity index (χ2v) is 7.82. The fraction of sp³-hybridized carbons (Fsp3) is 0.529. The summed E-state index contributed by atoms with van der Waals surface area (Å²) in [6, 6.07) is 7.11. The van der Waals surface area contributed by atoms with Gasteiger partial charge in [0.05, 0.1) is 0 Å². The number of halogens is 1. The van der Waals surface area contributed by atoms with Crippen molar-refractivity contribution < 1.29 is 9.59 Å². The van der Waals surface area contributed by atoms with E-state index in [1.54, 1.807) is 12.1 Å². The molecular weight excluding hydrogens is 300 g/mol. The third-order valence-electron chi connectivity index (χ3n) is 3.00. The fourth-order valence-corrected chi connectivity index (χ4v) is 2.72. The molecule has 0 aliphatic rings. The molecule has 0 spiro atoms. The van der Waals surface area contributed by atoms with E-state index in [2.05, 4.69) is 31.4 Å².